The zero-order valence-electron chi connectivity index (χ0n) is 10.0. The largest absolute Gasteiger partial charge is 0.354 e. The average Bonchev–Trinajstić information content (AvgIpc) is 2.22. The van der Waals surface area contributed by atoms with Gasteiger partial charge in [0.25, 0.3) is 0 Å². The summed E-state index contributed by atoms with van der Waals surface area (Å²) in [5.74, 6) is -0.0500. The fraction of sp³-hybridized carbons (Fsp3) is 0.875. The van der Waals surface area contributed by atoms with E-state index in [-0.39, 0.29) is 12.4 Å². The van der Waals surface area contributed by atoms with E-state index in [4.69, 9.17) is 5.73 Å². The number of carbonyl (C=O) groups is 1. The highest BCUT2D eigenvalue weighted by atomic mass is 35.5. The third kappa shape index (κ3) is 7.82. The van der Waals surface area contributed by atoms with Gasteiger partial charge in [0.15, 0.2) is 0 Å². The van der Waals surface area contributed by atoms with Crippen LogP contribution in [0.3, 0.4) is 0 Å². The van der Waals surface area contributed by atoms with Crippen LogP contribution in [-0.4, -0.2) is 37.7 Å². The average molecular weight is 307 g/mol. The summed E-state index contributed by atoms with van der Waals surface area (Å²) in [6, 6.07) is -0.803. The van der Waals surface area contributed by atoms with Gasteiger partial charge in [0.05, 0.1) is 5.25 Å². The zero-order valence-corrected chi connectivity index (χ0v) is 12.5. The molecule has 0 radical (unpaired) electrons. The Kier molecular flexibility index (Phi) is 10.2. The summed E-state index contributed by atoms with van der Waals surface area (Å²) in [6.45, 7) is 2.95. The predicted octanol–water partition coefficient (Wildman–Crippen LogP) is 0.275. The molecule has 0 saturated carbocycles. The Morgan fingerprint density at radius 2 is 2.00 bits per heavy atom. The lowest BCUT2D eigenvalue weighted by Crippen LogP contribution is -2.40. The molecule has 0 aromatic rings. The summed E-state index contributed by atoms with van der Waals surface area (Å²) in [5, 5.41) is -0.664. The van der Waals surface area contributed by atoms with Gasteiger partial charge in [-0.2, -0.15) is 11.8 Å². The summed E-state index contributed by atoms with van der Waals surface area (Å²) in [4.78, 5) is 17.4. The highest BCUT2D eigenvalue weighted by Crippen LogP contribution is 2.01. The molecule has 1 atom stereocenters. The Bertz CT molecular complexity index is 321. The third-order valence-electron chi connectivity index (χ3n) is 1.81. The van der Waals surface area contributed by atoms with Crippen LogP contribution >= 0.6 is 24.2 Å². The van der Waals surface area contributed by atoms with Crippen molar-refractivity contribution in [2.45, 2.75) is 31.6 Å². The van der Waals surface area contributed by atoms with Crippen LogP contribution in [0.1, 0.15) is 20.3 Å². The molecule has 3 N–H and O–H groups in total. The Hall–Kier alpha value is -0.0200. The molecule has 0 aliphatic carbocycles. The van der Waals surface area contributed by atoms with Crippen molar-refractivity contribution in [2.24, 2.45) is 5.73 Å². The molecule has 0 aromatic heterocycles. The van der Waals surface area contributed by atoms with Crippen molar-refractivity contribution >= 4 is 40.2 Å². The van der Waals surface area contributed by atoms with Crippen LogP contribution in [0.2, 0.25) is 0 Å². The van der Waals surface area contributed by atoms with E-state index in [1.807, 2.05) is 6.26 Å². The summed E-state index contributed by atoms with van der Waals surface area (Å²) in [5.41, 5.74) is 5.49. The van der Waals surface area contributed by atoms with Crippen molar-refractivity contribution in [1.29, 1.82) is 0 Å². The van der Waals surface area contributed by atoms with Crippen molar-refractivity contribution in [3.05, 3.63) is 0 Å². The minimum absolute atomic E-state index is 0. The summed E-state index contributed by atoms with van der Waals surface area (Å²) in [7, 11) is -3.60. The SMILES string of the molecule is CSCC[C@H](N)C(=O)ONS(=O)(=O)C(C)C.Cl. The van der Waals surface area contributed by atoms with Gasteiger partial charge in [0, 0.05) is 0 Å². The molecule has 0 spiro atoms. The molecule has 0 bridgehead atoms. The highest BCUT2D eigenvalue weighted by Gasteiger charge is 2.21. The molecule has 0 heterocycles. The van der Waals surface area contributed by atoms with Crippen LogP contribution in [0, 0.1) is 0 Å². The van der Waals surface area contributed by atoms with E-state index >= 15 is 0 Å². The number of hydrogen-bond acceptors (Lipinski definition) is 6. The smallest absolute Gasteiger partial charge is 0.342 e. The number of nitrogens with one attached hydrogen (secondary N) is 1. The maximum absolute atomic E-state index is 11.2. The van der Waals surface area contributed by atoms with Crippen LogP contribution in [0.4, 0.5) is 0 Å². The zero-order chi connectivity index (χ0) is 12.8. The van der Waals surface area contributed by atoms with Crippen LogP contribution in [0.15, 0.2) is 0 Å². The molecule has 0 rings (SSSR count). The molecule has 9 heteroatoms. The molecule has 0 unspecified atom stereocenters. The van der Waals surface area contributed by atoms with Crippen LogP contribution in [-0.2, 0) is 19.7 Å². The lowest BCUT2D eigenvalue weighted by atomic mass is 10.2. The maximum atomic E-state index is 11.2. The molecular formula is C8H19ClN2O4S2. The number of halogens is 1. The highest BCUT2D eigenvalue weighted by molar-refractivity contribution is 7.98. The van der Waals surface area contributed by atoms with E-state index in [9.17, 15) is 13.2 Å². The molecule has 0 amide bonds. The first-order valence-corrected chi connectivity index (χ1v) is 7.71. The van der Waals surface area contributed by atoms with Crippen LogP contribution in [0.5, 0.6) is 0 Å². The van der Waals surface area contributed by atoms with Gasteiger partial charge in [-0.1, -0.05) is 0 Å². The first-order chi connectivity index (χ1) is 7.31. The van der Waals surface area contributed by atoms with Gasteiger partial charge in [0.1, 0.15) is 6.04 Å². The van der Waals surface area contributed by atoms with Gasteiger partial charge in [0.2, 0.25) is 10.0 Å². The topological polar surface area (TPSA) is 98.5 Å². The van der Waals surface area contributed by atoms with Gasteiger partial charge in [-0.25, -0.2) is 13.2 Å². The molecule has 0 aromatic carbocycles. The molecule has 0 fully saturated rings. The van der Waals surface area contributed by atoms with E-state index in [1.165, 1.54) is 13.8 Å². The van der Waals surface area contributed by atoms with Crippen molar-refractivity contribution in [3.63, 3.8) is 0 Å². The predicted molar refractivity (Wildman–Crippen MR) is 71.5 cm³/mol. The minimum atomic E-state index is -3.60. The van der Waals surface area contributed by atoms with E-state index in [0.717, 1.165) is 0 Å². The molecule has 0 aliphatic heterocycles. The molecule has 17 heavy (non-hydrogen) atoms. The van der Waals surface area contributed by atoms with Gasteiger partial charge >= 0.3 is 5.97 Å². The number of nitrogens with two attached hydrogens (primary N) is 1. The quantitative estimate of drug-likeness (QED) is 0.655. The normalized spacial score (nSPS) is 13.0. The van der Waals surface area contributed by atoms with E-state index in [2.05, 4.69) is 4.84 Å². The summed E-state index contributed by atoms with van der Waals surface area (Å²) >= 11 is 1.55. The third-order valence-corrected chi connectivity index (χ3v) is 4.02. The second kappa shape index (κ2) is 8.98. The number of thioether (sulfide) groups is 1. The number of rotatable bonds is 7. The first kappa shape index (κ1) is 19.3. The summed E-state index contributed by atoms with van der Waals surface area (Å²) in [6.07, 6.45) is 2.34. The van der Waals surface area contributed by atoms with Crippen LogP contribution in [0.25, 0.3) is 0 Å². The fourth-order valence-electron chi connectivity index (χ4n) is 0.634. The second-order valence-corrected chi connectivity index (χ2v) is 6.67. The van der Waals surface area contributed by atoms with Crippen molar-refractivity contribution in [3.8, 4) is 0 Å². The fourth-order valence-corrected chi connectivity index (χ4v) is 1.51. The molecule has 0 saturated heterocycles. The lowest BCUT2D eigenvalue weighted by molar-refractivity contribution is -0.148. The number of sulfonamides is 1. The Morgan fingerprint density at radius 3 is 2.41 bits per heavy atom. The maximum Gasteiger partial charge on any atom is 0.342 e. The van der Waals surface area contributed by atoms with Gasteiger partial charge in [-0.3, -0.25) is 0 Å². The van der Waals surface area contributed by atoms with Crippen molar-refractivity contribution < 1.29 is 18.0 Å². The van der Waals surface area contributed by atoms with E-state index < -0.39 is 27.3 Å². The molecule has 104 valence electrons. The summed E-state index contributed by atoms with van der Waals surface area (Å²) < 4.78 is 22.5. The molecule has 6 nitrogen and oxygen atoms in total. The lowest BCUT2D eigenvalue weighted by Gasteiger charge is -2.12. The Morgan fingerprint density at radius 1 is 1.47 bits per heavy atom. The van der Waals surface area contributed by atoms with E-state index in [1.54, 1.807) is 16.6 Å². The van der Waals surface area contributed by atoms with E-state index in [0.29, 0.717) is 12.2 Å². The van der Waals surface area contributed by atoms with Crippen molar-refractivity contribution in [2.75, 3.05) is 12.0 Å². The second-order valence-electron chi connectivity index (χ2n) is 3.49. The molecule has 0 aliphatic rings. The van der Waals surface area contributed by atoms with Gasteiger partial charge < -0.3 is 10.6 Å². The minimum Gasteiger partial charge on any atom is -0.354 e. The van der Waals surface area contributed by atoms with Gasteiger partial charge in [-0.05, 0) is 37.2 Å². The first-order valence-electron chi connectivity index (χ1n) is 4.77. The number of carbonyl (C=O) groups excluding carboxylic acids is 1. The number of hydrogen-bond donors (Lipinski definition) is 2. The van der Waals surface area contributed by atoms with Crippen molar-refractivity contribution in [1.82, 2.24) is 4.89 Å². The Labute approximate surface area is 112 Å². The van der Waals surface area contributed by atoms with Crippen LogP contribution < -0.4 is 10.6 Å². The van der Waals surface area contributed by atoms with Gasteiger partial charge in [-0.15, -0.1) is 12.4 Å². The standard InChI is InChI=1S/C8H18N2O4S2.ClH/c1-6(2)16(12,13)10-14-8(11)7(9)4-5-15-3;/h6-7,10H,4-5,9H2,1-3H3;1H/t7-;/m0./s1. The Balaban J connectivity index is 0. The molecular weight excluding hydrogens is 288 g/mol. The monoisotopic (exact) mass is 306 g/mol.